The van der Waals surface area contributed by atoms with E-state index >= 15 is 0 Å². The van der Waals surface area contributed by atoms with Crippen molar-refractivity contribution in [2.75, 3.05) is 26.2 Å². The molecule has 0 saturated carbocycles. The monoisotopic (exact) mass is 387 g/mol. The van der Waals surface area contributed by atoms with Crippen LogP contribution in [0.25, 0.3) is 0 Å². The molecule has 2 fully saturated rings. The maximum absolute atomic E-state index is 12.5. The van der Waals surface area contributed by atoms with Crippen LogP contribution in [-0.4, -0.2) is 58.4 Å². The lowest BCUT2D eigenvalue weighted by atomic mass is 9.73. The first-order valence-corrected chi connectivity index (χ1v) is 8.81. The van der Waals surface area contributed by atoms with E-state index in [2.05, 4.69) is 4.90 Å². The first kappa shape index (κ1) is 19.7. The molecule has 6 nitrogen and oxygen atoms in total. The molecule has 0 unspecified atom stereocenters. The molecule has 2 aliphatic rings. The second-order valence-corrected chi connectivity index (χ2v) is 8.60. The molecule has 0 radical (unpaired) electrons. The van der Waals surface area contributed by atoms with Crippen molar-refractivity contribution in [2.45, 2.75) is 45.6 Å². The Bertz CT molecular complexity index is 769. The van der Waals surface area contributed by atoms with E-state index in [1.165, 1.54) is 12.3 Å². The van der Waals surface area contributed by atoms with Gasteiger partial charge in [-0.1, -0.05) is 6.07 Å². The molecule has 0 atom stereocenters. The van der Waals surface area contributed by atoms with Crippen molar-refractivity contribution < 1.29 is 22.7 Å². The minimum atomic E-state index is -4.43. The number of carbonyl (C=O) groups is 1. The number of hydrogen-bond acceptors (Lipinski definition) is 4. The summed E-state index contributed by atoms with van der Waals surface area (Å²) in [6, 6.07) is 2.73. The third-order valence-electron chi connectivity index (χ3n) is 4.62. The van der Waals surface area contributed by atoms with Crippen LogP contribution in [0.5, 0.6) is 0 Å². The van der Waals surface area contributed by atoms with Gasteiger partial charge in [-0.2, -0.15) is 13.2 Å². The number of halogens is 3. The second kappa shape index (κ2) is 6.54. The van der Waals surface area contributed by atoms with Crippen LogP contribution in [-0.2, 0) is 17.8 Å². The highest BCUT2D eigenvalue weighted by Crippen LogP contribution is 2.40. The number of carbonyl (C=O) groups excluding carboxylic acids is 1. The first-order valence-electron chi connectivity index (χ1n) is 8.81. The van der Waals surface area contributed by atoms with E-state index in [1.807, 2.05) is 20.8 Å². The lowest BCUT2D eigenvalue weighted by Gasteiger charge is -2.60. The normalized spacial score (nSPS) is 19.6. The Hall–Kier alpha value is -2.03. The lowest BCUT2D eigenvalue weighted by Crippen LogP contribution is -2.72. The zero-order chi connectivity index (χ0) is 20.0. The van der Waals surface area contributed by atoms with Gasteiger partial charge in [-0.25, -0.2) is 4.79 Å². The van der Waals surface area contributed by atoms with E-state index in [0.717, 1.165) is 13.1 Å². The van der Waals surface area contributed by atoms with Crippen molar-refractivity contribution in [1.29, 1.82) is 0 Å². The average molecular weight is 387 g/mol. The van der Waals surface area contributed by atoms with E-state index in [9.17, 15) is 22.8 Å². The van der Waals surface area contributed by atoms with Gasteiger partial charge in [0.25, 0.3) is 5.56 Å². The van der Waals surface area contributed by atoms with Crippen LogP contribution in [0.4, 0.5) is 18.0 Å². The summed E-state index contributed by atoms with van der Waals surface area (Å²) in [4.78, 5) is 27.3. The first-order chi connectivity index (χ1) is 12.3. The maximum Gasteiger partial charge on any atom is 0.410 e. The highest BCUT2D eigenvalue weighted by Gasteiger charge is 2.53. The molecule has 0 bridgehead atoms. The zero-order valence-corrected chi connectivity index (χ0v) is 15.7. The Morgan fingerprint density at radius 3 is 2.33 bits per heavy atom. The number of aromatic nitrogens is 1. The van der Waals surface area contributed by atoms with E-state index < -0.39 is 23.9 Å². The van der Waals surface area contributed by atoms with Gasteiger partial charge in [0.05, 0.1) is 0 Å². The van der Waals surface area contributed by atoms with Gasteiger partial charge in [0.1, 0.15) is 12.1 Å². The van der Waals surface area contributed by atoms with Crippen LogP contribution in [0.1, 0.15) is 26.3 Å². The van der Waals surface area contributed by atoms with Gasteiger partial charge >= 0.3 is 12.3 Å². The van der Waals surface area contributed by atoms with Gasteiger partial charge in [0.15, 0.2) is 0 Å². The van der Waals surface area contributed by atoms with Crippen LogP contribution in [0.3, 0.4) is 0 Å². The van der Waals surface area contributed by atoms with Crippen LogP contribution in [0, 0.1) is 5.41 Å². The summed E-state index contributed by atoms with van der Waals surface area (Å²) in [5, 5.41) is 0. The Balaban J connectivity index is 1.50. The van der Waals surface area contributed by atoms with Crippen molar-refractivity contribution in [3.63, 3.8) is 0 Å². The molecule has 1 spiro atoms. The molecular formula is C18H24F3N3O3. The van der Waals surface area contributed by atoms with Crippen LogP contribution in [0.2, 0.25) is 0 Å². The van der Waals surface area contributed by atoms with E-state index in [4.69, 9.17) is 4.74 Å². The molecule has 0 N–H and O–H groups in total. The van der Waals surface area contributed by atoms with Gasteiger partial charge in [0.2, 0.25) is 0 Å². The van der Waals surface area contributed by atoms with Crippen molar-refractivity contribution in [3.8, 4) is 0 Å². The standard InChI is InChI=1S/C18H24F3N3O3/c1-16(2,3)27-15(26)24-10-17(11-24)8-22(9-17)6-13-4-5-14(25)23(7-13)12-18(19,20)21/h4-5,7H,6,8-12H2,1-3H3. The van der Waals surface area contributed by atoms with Gasteiger partial charge in [-0.05, 0) is 26.3 Å². The van der Waals surface area contributed by atoms with Crippen LogP contribution in [0.15, 0.2) is 23.1 Å². The Kier molecular flexibility index (Phi) is 4.78. The molecule has 27 heavy (non-hydrogen) atoms. The van der Waals surface area contributed by atoms with E-state index in [0.29, 0.717) is 29.8 Å². The van der Waals surface area contributed by atoms with Crippen LogP contribution >= 0.6 is 0 Å². The van der Waals surface area contributed by atoms with E-state index in [-0.39, 0.29) is 11.5 Å². The summed E-state index contributed by atoms with van der Waals surface area (Å²) < 4.78 is 43.7. The molecule has 1 amide bonds. The predicted molar refractivity (Wildman–Crippen MR) is 92.3 cm³/mol. The van der Waals surface area contributed by atoms with Crippen molar-refractivity contribution in [2.24, 2.45) is 5.41 Å². The number of nitrogens with zero attached hydrogens (tertiary/aromatic N) is 3. The predicted octanol–water partition coefficient (Wildman–Crippen LogP) is 2.46. The molecule has 3 heterocycles. The third-order valence-corrected chi connectivity index (χ3v) is 4.62. The Morgan fingerprint density at radius 2 is 1.78 bits per heavy atom. The summed E-state index contributed by atoms with van der Waals surface area (Å²) in [5.74, 6) is 0. The minimum absolute atomic E-state index is 0.0529. The van der Waals surface area contributed by atoms with Gasteiger partial charge < -0.3 is 14.2 Å². The quantitative estimate of drug-likeness (QED) is 0.800. The fraction of sp³-hybridized carbons (Fsp3) is 0.667. The smallest absolute Gasteiger partial charge is 0.410 e. The molecule has 3 rings (SSSR count). The number of hydrogen-bond donors (Lipinski definition) is 0. The summed E-state index contributed by atoms with van der Waals surface area (Å²) in [5.41, 5.74) is -0.470. The maximum atomic E-state index is 12.5. The fourth-order valence-corrected chi connectivity index (χ4v) is 3.68. The lowest BCUT2D eigenvalue weighted by molar-refractivity contribution is -0.141. The van der Waals surface area contributed by atoms with Gasteiger partial charge in [0, 0.05) is 50.4 Å². The van der Waals surface area contributed by atoms with Gasteiger partial charge in [-0.3, -0.25) is 9.69 Å². The minimum Gasteiger partial charge on any atom is -0.444 e. The topological polar surface area (TPSA) is 54.8 Å². The summed E-state index contributed by atoms with van der Waals surface area (Å²) in [6.07, 6.45) is -3.47. The highest BCUT2D eigenvalue weighted by molar-refractivity contribution is 5.69. The molecule has 0 aliphatic carbocycles. The Morgan fingerprint density at radius 1 is 1.15 bits per heavy atom. The zero-order valence-electron chi connectivity index (χ0n) is 15.7. The molecule has 2 saturated heterocycles. The SMILES string of the molecule is CC(C)(C)OC(=O)N1CC2(CN(Cc3ccc(=O)n(CC(F)(F)F)c3)C2)C1. The van der Waals surface area contributed by atoms with Crippen molar-refractivity contribution in [1.82, 2.24) is 14.4 Å². The molecule has 1 aromatic heterocycles. The van der Waals surface area contributed by atoms with Crippen molar-refractivity contribution in [3.05, 3.63) is 34.2 Å². The number of alkyl halides is 3. The summed E-state index contributed by atoms with van der Waals surface area (Å²) >= 11 is 0. The Labute approximate surface area is 155 Å². The third kappa shape index (κ3) is 4.82. The number of rotatable bonds is 3. The number of pyridine rings is 1. The molecule has 150 valence electrons. The molecule has 0 aromatic carbocycles. The molecule has 1 aromatic rings. The highest BCUT2D eigenvalue weighted by atomic mass is 19.4. The number of likely N-dealkylation sites (tertiary alicyclic amines) is 2. The second-order valence-electron chi connectivity index (χ2n) is 8.60. The van der Waals surface area contributed by atoms with Gasteiger partial charge in [-0.15, -0.1) is 0 Å². The van der Waals surface area contributed by atoms with Crippen molar-refractivity contribution >= 4 is 6.09 Å². The average Bonchev–Trinajstić information content (AvgIpc) is 2.39. The van der Waals surface area contributed by atoms with Crippen LogP contribution < -0.4 is 5.56 Å². The summed E-state index contributed by atoms with van der Waals surface area (Å²) in [6.45, 7) is 7.46. The largest absolute Gasteiger partial charge is 0.444 e. The summed E-state index contributed by atoms with van der Waals surface area (Å²) in [7, 11) is 0. The molecular weight excluding hydrogens is 363 g/mol. The molecule has 9 heteroatoms. The van der Waals surface area contributed by atoms with E-state index in [1.54, 1.807) is 11.0 Å². The number of amides is 1. The fourth-order valence-electron chi connectivity index (χ4n) is 3.68. The molecule has 2 aliphatic heterocycles. The number of ether oxygens (including phenoxy) is 1.